The highest BCUT2D eigenvalue weighted by molar-refractivity contribution is 6.06. The first-order chi connectivity index (χ1) is 17.1. The van der Waals surface area contributed by atoms with E-state index in [4.69, 9.17) is 10.00 Å². The predicted molar refractivity (Wildman–Crippen MR) is 132 cm³/mol. The summed E-state index contributed by atoms with van der Waals surface area (Å²) in [5, 5.41) is 22.4. The molecule has 0 saturated carbocycles. The van der Waals surface area contributed by atoms with Crippen molar-refractivity contribution in [2.75, 3.05) is 12.4 Å². The number of nitriles is 1. The molecule has 0 atom stereocenters. The summed E-state index contributed by atoms with van der Waals surface area (Å²) in [6, 6.07) is 22.8. The van der Waals surface area contributed by atoms with Crippen LogP contribution in [0.15, 0.2) is 79.0 Å². The molecule has 5 rings (SSSR count). The number of amides is 1. The Morgan fingerprint density at radius 3 is 2.77 bits per heavy atom. The number of phenols is 1. The number of rotatable bonds is 5. The number of aromatic hydroxyl groups is 1. The predicted octanol–water partition coefficient (Wildman–Crippen LogP) is 5.13. The van der Waals surface area contributed by atoms with E-state index in [1.165, 1.54) is 0 Å². The molecule has 0 fully saturated rings. The fourth-order valence-electron chi connectivity index (χ4n) is 3.81. The van der Waals surface area contributed by atoms with Crippen molar-refractivity contribution in [1.82, 2.24) is 15.0 Å². The molecule has 0 radical (unpaired) electrons. The Labute approximate surface area is 200 Å². The molecule has 2 aromatic heterocycles. The van der Waals surface area contributed by atoms with Crippen molar-refractivity contribution >= 4 is 22.6 Å². The Kier molecular flexibility index (Phi) is 5.57. The first-order valence-electron chi connectivity index (χ1n) is 10.7. The first kappa shape index (κ1) is 21.7. The number of hydrogen-bond donors (Lipinski definition) is 3. The van der Waals surface area contributed by atoms with Crippen LogP contribution in [-0.4, -0.2) is 33.1 Å². The van der Waals surface area contributed by atoms with Gasteiger partial charge in [-0.05, 0) is 66.2 Å². The Hall–Kier alpha value is -5.16. The van der Waals surface area contributed by atoms with Gasteiger partial charge in [-0.25, -0.2) is 9.97 Å². The van der Waals surface area contributed by atoms with E-state index in [0.717, 1.165) is 11.1 Å². The molecule has 0 unspecified atom stereocenters. The number of fused-ring (bicyclic) bond motifs is 1. The van der Waals surface area contributed by atoms with Crippen LogP contribution >= 0.6 is 0 Å². The number of aromatic amines is 1. The van der Waals surface area contributed by atoms with Gasteiger partial charge in [0.25, 0.3) is 5.91 Å². The van der Waals surface area contributed by atoms with Gasteiger partial charge in [0, 0.05) is 23.0 Å². The molecule has 1 amide bonds. The summed E-state index contributed by atoms with van der Waals surface area (Å²) in [7, 11) is 1.56. The first-order valence-corrected chi connectivity index (χ1v) is 10.7. The molecule has 0 saturated heterocycles. The lowest BCUT2D eigenvalue weighted by Crippen LogP contribution is -2.11. The van der Waals surface area contributed by atoms with Crippen molar-refractivity contribution in [3.8, 4) is 40.2 Å². The summed E-state index contributed by atoms with van der Waals surface area (Å²) >= 11 is 0. The highest BCUT2D eigenvalue weighted by Crippen LogP contribution is 2.35. The van der Waals surface area contributed by atoms with E-state index in [1.54, 1.807) is 67.9 Å². The van der Waals surface area contributed by atoms with Crippen LogP contribution in [0.3, 0.4) is 0 Å². The number of nitrogens with zero attached hydrogens (tertiary/aromatic N) is 3. The maximum absolute atomic E-state index is 12.8. The second kappa shape index (κ2) is 9.00. The van der Waals surface area contributed by atoms with Crippen LogP contribution in [0.25, 0.3) is 33.5 Å². The quantitative estimate of drug-likeness (QED) is 0.333. The Bertz CT molecular complexity index is 1620. The lowest BCUT2D eigenvalue weighted by molar-refractivity contribution is 0.102. The van der Waals surface area contributed by atoms with Crippen LogP contribution in [-0.2, 0) is 0 Å². The summed E-state index contributed by atoms with van der Waals surface area (Å²) in [4.78, 5) is 24.8. The van der Waals surface area contributed by atoms with Crippen molar-refractivity contribution < 1.29 is 14.6 Å². The lowest BCUT2D eigenvalue weighted by Gasteiger charge is -2.09. The van der Waals surface area contributed by atoms with Crippen molar-refractivity contribution in [2.45, 2.75) is 0 Å². The average molecular weight is 461 g/mol. The van der Waals surface area contributed by atoms with E-state index in [1.807, 2.05) is 18.2 Å². The molecule has 8 heteroatoms. The summed E-state index contributed by atoms with van der Waals surface area (Å²) in [6.45, 7) is 0. The molecule has 0 aliphatic heterocycles. The van der Waals surface area contributed by atoms with Gasteiger partial charge in [0.15, 0.2) is 0 Å². The minimum Gasteiger partial charge on any atom is -0.507 e. The van der Waals surface area contributed by atoms with Crippen molar-refractivity contribution in [1.29, 1.82) is 5.26 Å². The number of ether oxygens (including phenoxy) is 1. The highest BCUT2D eigenvalue weighted by atomic mass is 16.5. The molecule has 3 aromatic carbocycles. The van der Waals surface area contributed by atoms with Crippen LogP contribution in [0.4, 0.5) is 5.69 Å². The van der Waals surface area contributed by atoms with Gasteiger partial charge in [-0.15, -0.1) is 0 Å². The molecule has 0 aliphatic carbocycles. The Balaban J connectivity index is 1.48. The highest BCUT2D eigenvalue weighted by Gasteiger charge is 2.15. The zero-order valence-electron chi connectivity index (χ0n) is 18.6. The van der Waals surface area contributed by atoms with Gasteiger partial charge in [0.2, 0.25) is 5.88 Å². The van der Waals surface area contributed by atoms with Gasteiger partial charge in [0.05, 0.1) is 35.3 Å². The number of nitrogens with one attached hydrogen (secondary N) is 2. The molecule has 2 heterocycles. The van der Waals surface area contributed by atoms with E-state index in [-0.39, 0.29) is 11.7 Å². The number of H-pyrrole nitrogens is 1. The molecule has 0 spiro atoms. The number of anilines is 1. The second-order valence-corrected chi connectivity index (χ2v) is 7.76. The summed E-state index contributed by atoms with van der Waals surface area (Å²) in [6.07, 6.45) is 1.65. The molecular formula is C27H19N5O3. The minimum absolute atomic E-state index is 0.0611. The molecule has 0 bridgehead atoms. The number of carbonyl (C=O) groups is 1. The summed E-state index contributed by atoms with van der Waals surface area (Å²) < 4.78 is 5.36. The third-order valence-corrected chi connectivity index (χ3v) is 5.52. The van der Waals surface area contributed by atoms with Gasteiger partial charge in [-0.2, -0.15) is 5.26 Å². The van der Waals surface area contributed by atoms with Gasteiger partial charge in [0.1, 0.15) is 11.6 Å². The number of phenolic OH excluding ortho intramolecular Hbond substituents is 1. The monoisotopic (exact) mass is 461 g/mol. The van der Waals surface area contributed by atoms with Gasteiger partial charge in [-0.3, -0.25) is 4.79 Å². The fourth-order valence-corrected chi connectivity index (χ4v) is 3.81. The maximum atomic E-state index is 12.8. The smallest absolute Gasteiger partial charge is 0.255 e. The average Bonchev–Trinajstić information content (AvgIpc) is 3.32. The van der Waals surface area contributed by atoms with Crippen LogP contribution < -0.4 is 10.1 Å². The number of aromatic nitrogens is 3. The van der Waals surface area contributed by atoms with E-state index >= 15 is 0 Å². The van der Waals surface area contributed by atoms with Crippen LogP contribution in [0.1, 0.15) is 15.9 Å². The van der Waals surface area contributed by atoms with Crippen LogP contribution in [0.2, 0.25) is 0 Å². The molecule has 5 aromatic rings. The lowest BCUT2D eigenvalue weighted by atomic mass is 10.0. The van der Waals surface area contributed by atoms with Crippen molar-refractivity contribution in [2.24, 2.45) is 0 Å². The molecule has 3 N–H and O–H groups in total. The Morgan fingerprint density at radius 2 is 1.94 bits per heavy atom. The minimum atomic E-state index is -0.319. The van der Waals surface area contributed by atoms with E-state index in [9.17, 15) is 9.90 Å². The number of hydrogen-bond acceptors (Lipinski definition) is 6. The SMILES string of the molecule is COc1ncccc1-c1ccc(O)c(-c2nc3cc(C(=O)Nc4cccc(C#N)c4)ccc3[nH]2)c1. The van der Waals surface area contributed by atoms with E-state index in [2.05, 4.69) is 26.3 Å². The topological polar surface area (TPSA) is 124 Å². The van der Waals surface area contributed by atoms with Crippen molar-refractivity contribution in [3.05, 3.63) is 90.1 Å². The molecule has 0 aliphatic rings. The number of imidazole rings is 1. The number of pyridine rings is 1. The largest absolute Gasteiger partial charge is 0.507 e. The summed E-state index contributed by atoms with van der Waals surface area (Å²) in [5.74, 6) is 0.678. The number of methoxy groups -OCH3 is 1. The zero-order chi connectivity index (χ0) is 24.4. The van der Waals surface area contributed by atoms with E-state index < -0.39 is 0 Å². The maximum Gasteiger partial charge on any atom is 0.255 e. The van der Waals surface area contributed by atoms with Crippen molar-refractivity contribution in [3.63, 3.8) is 0 Å². The number of carbonyl (C=O) groups excluding carboxylic acids is 1. The van der Waals surface area contributed by atoms with Gasteiger partial charge < -0.3 is 20.1 Å². The van der Waals surface area contributed by atoms with Gasteiger partial charge >= 0.3 is 0 Å². The molecule has 35 heavy (non-hydrogen) atoms. The number of benzene rings is 3. The second-order valence-electron chi connectivity index (χ2n) is 7.76. The van der Waals surface area contributed by atoms with Crippen LogP contribution in [0.5, 0.6) is 11.6 Å². The standard InChI is InChI=1S/C27H19N5O3/c1-35-27-20(6-3-11-29-27)17-8-10-24(33)21(13-17)25-31-22-9-7-18(14-23(22)32-25)26(34)30-19-5-2-4-16(12-19)15-28/h2-14,33H,1H3,(H,30,34)(H,31,32). The summed E-state index contributed by atoms with van der Waals surface area (Å²) in [5.41, 5.74) is 4.79. The molecule has 170 valence electrons. The third kappa shape index (κ3) is 4.26. The third-order valence-electron chi connectivity index (χ3n) is 5.52. The molecular weight excluding hydrogens is 442 g/mol. The normalized spacial score (nSPS) is 10.6. The fraction of sp³-hybridized carbons (Fsp3) is 0.0370. The zero-order valence-corrected chi connectivity index (χ0v) is 18.6. The Morgan fingerprint density at radius 1 is 1.06 bits per heavy atom. The van der Waals surface area contributed by atoms with E-state index in [0.29, 0.717) is 45.1 Å². The molecule has 8 nitrogen and oxygen atoms in total. The van der Waals surface area contributed by atoms with Gasteiger partial charge in [-0.1, -0.05) is 12.1 Å². The van der Waals surface area contributed by atoms with Crippen LogP contribution in [0, 0.1) is 11.3 Å².